The molecule has 2 unspecified atom stereocenters. The minimum absolute atomic E-state index is 0.735. The minimum Gasteiger partial charge on any atom is -0.496 e. The van der Waals surface area contributed by atoms with Crippen molar-refractivity contribution < 1.29 is 4.74 Å². The molecule has 0 bridgehead atoms. The van der Waals surface area contributed by atoms with Crippen molar-refractivity contribution in [3.63, 3.8) is 0 Å². The minimum atomic E-state index is 0.735. The van der Waals surface area contributed by atoms with E-state index in [4.69, 9.17) is 4.74 Å². The molecule has 0 N–H and O–H groups in total. The quantitative estimate of drug-likeness (QED) is 0.826. The second-order valence-corrected chi connectivity index (χ2v) is 7.96. The van der Waals surface area contributed by atoms with Crippen molar-refractivity contribution >= 4 is 0 Å². The molecule has 3 nitrogen and oxygen atoms in total. The van der Waals surface area contributed by atoms with Gasteiger partial charge in [0.05, 0.1) is 7.11 Å². The van der Waals surface area contributed by atoms with Crippen LogP contribution in [0.2, 0.25) is 0 Å². The van der Waals surface area contributed by atoms with E-state index >= 15 is 0 Å². The summed E-state index contributed by atoms with van der Waals surface area (Å²) >= 11 is 0. The first-order valence-corrected chi connectivity index (χ1v) is 8.98. The van der Waals surface area contributed by atoms with Crippen molar-refractivity contribution in [1.82, 2.24) is 9.80 Å². The van der Waals surface area contributed by atoms with Crippen LogP contribution in [0.25, 0.3) is 0 Å². The molecule has 0 amide bonds. The van der Waals surface area contributed by atoms with E-state index in [0.717, 1.165) is 36.2 Å². The number of ether oxygens (including phenoxy) is 1. The molecular formula is C20H32N2O. The van der Waals surface area contributed by atoms with Crippen molar-refractivity contribution in [2.75, 3.05) is 28.3 Å². The molecule has 0 saturated heterocycles. The molecule has 2 aliphatic carbocycles. The number of rotatable bonds is 5. The highest BCUT2D eigenvalue weighted by molar-refractivity contribution is 5.37. The smallest absolute Gasteiger partial charge is 0.123 e. The lowest BCUT2D eigenvalue weighted by atomic mass is 10.0. The maximum absolute atomic E-state index is 5.57. The van der Waals surface area contributed by atoms with E-state index in [1.165, 1.54) is 36.8 Å². The van der Waals surface area contributed by atoms with Gasteiger partial charge in [-0.2, -0.15) is 0 Å². The van der Waals surface area contributed by atoms with Gasteiger partial charge in [-0.05, 0) is 77.2 Å². The third-order valence-electron chi connectivity index (χ3n) is 6.18. The van der Waals surface area contributed by atoms with E-state index < -0.39 is 0 Å². The highest BCUT2D eigenvalue weighted by atomic mass is 16.5. The molecule has 3 rings (SSSR count). The van der Waals surface area contributed by atoms with Crippen molar-refractivity contribution in [3.05, 3.63) is 29.3 Å². The van der Waals surface area contributed by atoms with Crippen LogP contribution in [0.5, 0.6) is 5.75 Å². The number of benzene rings is 1. The average Bonchev–Trinajstić information content (AvgIpc) is 3.07. The Hall–Kier alpha value is -1.06. The van der Waals surface area contributed by atoms with Crippen LogP contribution < -0.4 is 4.74 Å². The summed E-state index contributed by atoms with van der Waals surface area (Å²) in [6.45, 7) is 3.11. The average molecular weight is 316 g/mol. The summed E-state index contributed by atoms with van der Waals surface area (Å²) in [4.78, 5) is 4.98. The second-order valence-electron chi connectivity index (χ2n) is 7.96. The molecule has 0 radical (unpaired) electrons. The van der Waals surface area contributed by atoms with Gasteiger partial charge in [0.2, 0.25) is 0 Å². The first-order valence-electron chi connectivity index (χ1n) is 8.98. The molecule has 0 heterocycles. The molecule has 2 saturated carbocycles. The van der Waals surface area contributed by atoms with Crippen LogP contribution in [0.3, 0.4) is 0 Å². The lowest BCUT2D eigenvalue weighted by molar-refractivity contribution is 0.210. The summed E-state index contributed by atoms with van der Waals surface area (Å²) in [6, 6.07) is 8.11. The molecule has 2 aliphatic rings. The number of methoxy groups -OCH3 is 1. The normalized spacial score (nSPS) is 30.2. The molecule has 2 fully saturated rings. The van der Waals surface area contributed by atoms with Crippen LogP contribution in [0.4, 0.5) is 0 Å². The Morgan fingerprint density at radius 3 is 2.17 bits per heavy atom. The van der Waals surface area contributed by atoms with Crippen LogP contribution in [0.1, 0.15) is 36.8 Å². The van der Waals surface area contributed by atoms with Gasteiger partial charge in [0.1, 0.15) is 5.75 Å². The lowest BCUT2D eigenvalue weighted by Crippen LogP contribution is -2.31. The van der Waals surface area contributed by atoms with Gasteiger partial charge in [0, 0.05) is 24.2 Å². The van der Waals surface area contributed by atoms with Gasteiger partial charge in [-0.1, -0.05) is 12.1 Å². The maximum Gasteiger partial charge on any atom is 0.123 e. The van der Waals surface area contributed by atoms with Crippen LogP contribution in [0.15, 0.2) is 18.2 Å². The molecule has 1 aromatic rings. The predicted octanol–water partition coefficient (Wildman–Crippen LogP) is 3.55. The molecule has 0 aliphatic heterocycles. The molecule has 23 heavy (non-hydrogen) atoms. The van der Waals surface area contributed by atoms with Crippen LogP contribution >= 0.6 is 0 Å². The van der Waals surface area contributed by atoms with Gasteiger partial charge in [0.15, 0.2) is 0 Å². The highest BCUT2D eigenvalue weighted by Gasteiger charge is 2.43. The summed E-state index contributed by atoms with van der Waals surface area (Å²) in [6.07, 6.45) is 5.55. The monoisotopic (exact) mass is 316 g/mol. The first-order chi connectivity index (χ1) is 11.0. The Labute approximate surface area is 141 Å². The van der Waals surface area contributed by atoms with Crippen LogP contribution in [-0.2, 0) is 6.54 Å². The number of nitrogens with zero attached hydrogens (tertiary/aromatic N) is 2. The zero-order valence-corrected chi connectivity index (χ0v) is 15.4. The molecule has 3 heteroatoms. The van der Waals surface area contributed by atoms with E-state index in [0.29, 0.717) is 0 Å². The topological polar surface area (TPSA) is 15.7 Å². The zero-order valence-electron chi connectivity index (χ0n) is 15.4. The maximum atomic E-state index is 5.57. The zero-order chi connectivity index (χ0) is 16.6. The lowest BCUT2D eigenvalue weighted by Gasteiger charge is -2.27. The Morgan fingerprint density at radius 1 is 1.00 bits per heavy atom. The van der Waals surface area contributed by atoms with Gasteiger partial charge in [-0.15, -0.1) is 0 Å². The molecular weight excluding hydrogens is 284 g/mol. The molecule has 0 aromatic heterocycles. The molecule has 0 spiro atoms. The van der Waals surface area contributed by atoms with E-state index in [-0.39, 0.29) is 0 Å². The largest absolute Gasteiger partial charge is 0.496 e. The third-order valence-corrected chi connectivity index (χ3v) is 6.18. The summed E-state index contributed by atoms with van der Waals surface area (Å²) in [5.74, 6) is 2.91. The Morgan fingerprint density at radius 2 is 1.61 bits per heavy atom. The van der Waals surface area contributed by atoms with Gasteiger partial charge in [-0.3, -0.25) is 4.90 Å². The highest BCUT2D eigenvalue weighted by Crippen LogP contribution is 2.46. The van der Waals surface area contributed by atoms with E-state index in [1.54, 1.807) is 7.11 Å². The van der Waals surface area contributed by atoms with Crippen LogP contribution in [-0.4, -0.2) is 50.1 Å². The van der Waals surface area contributed by atoms with Crippen molar-refractivity contribution in [3.8, 4) is 5.75 Å². The Kier molecular flexibility index (Phi) is 4.98. The fourth-order valence-electron chi connectivity index (χ4n) is 4.71. The van der Waals surface area contributed by atoms with E-state index in [1.807, 2.05) is 0 Å². The van der Waals surface area contributed by atoms with Gasteiger partial charge < -0.3 is 9.64 Å². The van der Waals surface area contributed by atoms with Gasteiger partial charge >= 0.3 is 0 Å². The standard InChI is InChI=1S/C20H32N2O/c1-14-6-7-15(20(8-14)23-5)13-22(4)19-11-16-9-18(21(2)3)10-17(16)12-19/h6-8,16-19H,9-13H2,1-5H3/t16-,17+,18?,19?. The van der Waals surface area contributed by atoms with Crippen LogP contribution in [0, 0.1) is 18.8 Å². The summed E-state index contributed by atoms with van der Waals surface area (Å²) in [5.41, 5.74) is 2.57. The van der Waals surface area contributed by atoms with E-state index in [2.05, 4.69) is 56.1 Å². The van der Waals surface area contributed by atoms with E-state index in [9.17, 15) is 0 Å². The third kappa shape index (κ3) is 3.56. The fourth-order valence-corrected chi connectivity index (χ4v) is 4.71. The number of hydrogen-bond acceptors (Lipinski definition) is 3. The first kappa shape index (κ1) is 16.8. The number of aryl methyl sites for hydroxylation is 1. The van der Waals surface area contributed by atoms with Crippen molar-refractivity contribution in [2.24, 2.45) is 11.8 Å². The van der Waals surface area contributed by atoms with Crippen molar-refractivity contribution in [2.45, 2.75) is 51.2 Å². The summed E-state index contributed by atoms with van der Waals surface area (Å²) in [7, 11) is 8.53. The second kappa shape index (κ2) is 6.82. The Balaban J connectivity index is 1.60. The molecule has 4 atom stereocenters. The summed E-state index contributed by atoms with van der Waals surface area (Å²) < 4.78 is 5.57. The molecule has 128 valence electrons. The Bertz CT molecular complexity index is 528. The number of hydrogen-bond donors (Lipinski definition) is 0. The number of fused-ring (bicyclic) bond motifs is 1. The predicted molar refractivity (Wildman–Crippen MR) is 95.9 cm³/mol. The fraction of sp³-hybridized carbons (Fsp3) is 0.700. The molecule has 1 aromatic carbocycles. The van der Waals surface area contributed by atoms with Gasteiger partial charge in [0.25, 0.3) is 0 Å². The van der Waals surface area contributed by atoms with Gasteiger partial charge in [-0.25, -0.2) is 0 Å². The summed E-state index contributed by atoms with van der Waals surface area (Å²) in [5, 5.41) is 0. The van der Waals surface area contributed by atoms with Crippen molar-refractivity contribution in [1.29, 1.82) is 0 Å². The SMILES string of the molecule is COc1cc(C)ccc1CN(C)C1C[C@H]2CC(N(C)C)C[C@H]2C1.